The molecule has 1 saturated heterocycles. The van der Waals surface area contributed by atoms with Gasteiger partial charge in [0, 0.05) is 32.4 Å². The molecule has 34 heavy (non-hydrogen) atoms. The fourth-order valence-corrected chi connectivity index (χ4v) is 5.01. The van der Waals surface area contributed by atoms with Crippen molar-refractivity contribution in [3.8, 4) is 11.4 Å². The Morgan fingerprint density at radius 3 is 2.53 bits per heavy atom. The van der Waals surface area contributed by atoms with Gasteiger partial charge in [0.05, 0.1) is 22.3 Å². The maximum absolute atomic E-state index is 14.2. The van der Waals surface area contributed by atoms with Gasteiger partial charge in [-0.2, -0.15) is 9.52 Å². The first-order valence-electron chi connectivity index (χ1n) is 10.3. The topological polar surface area (TPSA) is 146 Å². The normalized spacial score (nSPS) is 14.8. The lowest BCUT2D eigenvalue weighted by Gasteiger charge is -2.34. The van der Waals surface area contributed by atoms with Gasteiger partial charge in [0.15, 0.2) is 11.6 Å². The molecule has 0 unspecified atom stereocenters. The molecule has 0 radical (unpaired) electrons. The Bertz CT molecular complexity index is 1360. The quantitative estimate of drug-likeness (QED) is 0.414. The van der Waals surface area contributed by atoms with Gasteiger partial charge in [-0.05, 0) is 47.7 Å². The van der Waals surface area contributed by atoms with Gasteiger partial charge in [0.1, 0.15) is 5.82 Å². The van der Waals surface area contributed by atoms with Crippen LogP contribution in [0.1, 0.15) is 0 Å². The number of hydrogen-bond donors (Lipinski definition) is 2. The van der Waals surface area contributed by atoms with E-state index in [1.165, 1.54) is 16.4 Å². The highest BCUT2D eigenvalue weighted by atomic mass is 32.2. The summed E-state index contributed by atoms with van der Waals surface area (Å²) >= 11 is 0. The summed E-state index contributed by atoms with van der Waals surface area (Å²) in [7, 11) is -3.84. The molecule has 0 saturated carbocycles. The van der Waals surface area contributed by atoms with Crippen molar-refractivity contribution in [2.75, 3.05) is 36.4 Å². The first-order valence-corrected chi connectivity index (χ1v) is 11.7. The largest absolute Gasteiger partial charge is 0.352 e. The van der Waals surface area contributed by atoms with Crippen molar-refractivity contribution in [2.45, 2.75) is 4.90 Å². The fourth-order valence-electron chi connectivity index (χ4n) is 3.56. The predicted octanol–water partition coefficient (Wildman–Crippen LogP) is 1.45. The van der Waals surface area contributed by atoms with E-state index in [1.54, 1.807) is 18.5 Å². The molecule has 0 bridgehead atoms. The second-order valence-corrected chi connectivity index (χ2v) is 9.35. The van der Waals surface area contributed by atoms with Crippen LogP contribution in [0.4, 0.5) is 21.7 Å². The number of benzene rings is 1. The Labute approximate surface area is 193 Å². The van der Waals surface area contributed by atoms with Crippen molar-refractivity contribution in [1.29, 1.82) is 0 Å². The highest BCUT2D eigenvalue weighted by molar-refractivity contribution is 7.89. The zero-order valence-electron chi connectivity index (χ0n) is 17.7. The van der Waals surface area contributed by atoms with E-state index in [9.17, 15) is 12.8 Å². The highest BCUT2D eigenvalue weighted by Crippen LogP contribution is 2.26. The SMILES string of the molecule is O=S(=O)(c1ccc(F)c(-c2nn[nH]n2)c1)N1CCN(c2ccc(Nc3cccnc3)nn2)CC1. The molecule has 0 amide bonds. The van der Waals surface area contributed by atoms with Crippen LogP contribution in [-0.2, 0) is 10.0 Å². The number of nitrogens with zero attached hydrogens (tertiary/aromatic N) is 8. The average Bonchev–Trinajstić information content (AvgIpc) is 3.40. The lowest BCUT2D eigenvalue weighted by Crippen LogP contribution is -2.49. The summed E-state index contributed by atoms with van der Waals surface area (Å²) in [5, 5.41) is 24.7. The third kappa shape index (κ3) is 4.40. The Balaban J connectivity index is 1.25. The summed E-state index contributed by atoms with van der Waals surface area (Å²) in [6, 6.07) is 10.9. The monoisotopic (exact) mass is 482 g/mol. The van der Waals surface area contributed by atoms with E-state index < -0.39 is 15.8 Å². The van der Waals surface area contributed by atoms with Gasteiger partial charge in [0.2, 0.25) is 15.8 Å². The van der Waals surface area contributed by atoms with Crippen molar-refractivity contribution in [2.24, 2.45) is 0 Å². The molecule has 4 heterocycles. The van der Waals surface area contributed by atoms with E-state index >= 15 is 0 Å². The number of H-pyrrole nitrogens is 1. The summed E-state index contributed by atoms with van der Waals surface area (Å²) in [5.74, 6) is 0.575. The molecule has 1 fully saturated rings. The Morgan fingerprint density at radius 1 is 1.00 bits per heavy atom. The van der Waals surface area contributed by atoms with Crippen molar-refractivity contribution in [3.63, 3.8) is 0 Å². The van der Waals surface area contributed by atoms with Crippen molar-refractivity contribution >= 4 is 27.3 Å². The molecule has 1 aliphatic heterocycles. The number of sulfonamides is 1. The van der Waals surface area contributed by atoms with Crippen LogP contribution in [0, 0.1) is 5.82 Å². The molecule has 2 N–H and O–H groups in total. The smallest absolute Gasteiger partial charge is 0.243 e. The van der Waals surface area contributed by atoms with Gasteiger partial charge in [-0.25, -0.2) is 12.8 Å². The van der Waals surface area contributed by atoms with Crippen LogP contribution in [0.5, 0.6) is 0 Å². The van der Waals surface area contributed by atoms with Gasteiger partial charge in [-0.3, -0.25) is 4.98 Å². The van der Waals surface area contributed by atoms with Crippen LogP contribution in [0.3, 0.4) is 0 Å². The van der Waals surface area contributed by atoms with E-state index in [2.05, 4.69) is 41.1 Å². The van der Waals surface area contributed by atoms with Crippen molar-refractivity contribution in [1.82, 2.24) is 40.1 Å². The molecule has 0 aliphatic carbocycles. The van der Waals surface area contributed by atoms with E-state index in [-0.39, 0.29) is 29.4 Å². The Hall–Kier alpha value is -4.04. The highest BCUT2D eigenvalue weighted by Gasteiger charge is 2.30. The van der Waals surface area contributed by atoms with E-state index in [1.807, 2.05) is 23.1 Å². The lowest BCUT2D eigenvalue weighted by molar-refractivity contribution is 0.383. The summed E-state index contributed by atoms with van der Waals surface area (Å²) in [6.07, 6.45) is 3.37. The van der Waals surface area contributed by atoms with Crippen LogP contribution in [0.2, 0.25) is 0 Å². The molecule has 1 aliphatic rings. The maximum Gasteiger partial charge on any atom is 0.243 e. The minimum absolute atomic E-state index is 0.0144. The average molecular weight is 483 g/mol. The van der Waals surface area contributed by atoms with Crippen LogP contribution in [0.25, 0.3) is 11.4 Å². The van der Waals surface area contributed by atoms with E-state index in [0.29, 0.717) is 24.7 Å². The maximum atomic E-state index is 14.2. The van der Waals surface area contributed by atoms with Gasteiger partial charge in [-0.15, -0.1) is 20.4 Å². The molecule has 1 aromatic carbocycles. The van der Waals surface area contributed by atoms with Gasteiger partial charge < -0.3 is 10.2 Å². The number of hydrogen-bond acceptors (Lipinski definition) is 10. The third-order valence-corrected chi connectivity index (χ3v) is 7.20. The van der Waals surface area contributed by atoms with Crippen LogP contribution < -0.4 is 10.2 Å². The number of piperazine rings is 1. The minimum Gasteiger partial charge on any atom is -0.352 e. The Kier molecular flexibility index (Phi) is 5.81. The van der Waals surface area contributed by atoms with Crippen molar-refractivity contribution in [3.05, 3.63) is 60.7 Å². The number of rotatable bonds is 6. The second kappa shape index (κ2) is 9.07. The minimum atomic E-state index is -3.84. The first-order chi connectivity index (χ1) is 16.5. The Morgan fingerprint density at radius 2 is 1.85 bits per heavy atom. The number of nitrogens with one attached hydrogen (secondary N) is 2. The van der Waals surface area contributed by atoms with Crippen molar-refractivity contribution < 1.29 is 12.8 Å². The predicted molar refractivity (Wildman–Crippen MR) is 120 cm³/mol. The van der Waals surface area contributed by atoms with Gasteiger partial charge in [0.25, 0.3) is 0 Å². The summed E-state index contributed by atoms with van der Waals surface area (Å²) in [5.41, 5.74) is 0.760. The molecule has 3 aromatic heterocycles. The number of pyridine rings is 1. The molecule has 0 spiro atoms. The number of aromatic amines is 1. The number of aromatic nitrogens is 7. The van der Waals surface area contributed by atoms with Crippen LogP contribution in [0.15, 0.2) is 59.8 Å². The molecule has 0 atom stereocenters. The molecule has 14 heteroatoms. The second-order valence-electron chi connectivity index (χ2n) is 7.41. The summed E-state index contributed by atoms with van der Waals surface area (Å²) in [6.45, 7) is 1.35. The standard InChI is InChI=1S/C20H19FN10O2S/c21-17-4-3-15(12-16(17)20-26-28-29-27-20)34(32,33)31-10-8-30(9-11-31)19-6-5-18(24-25-19)23-14-2-1-7-22-13-14/h1-7,12-13H,8-11H2,(H,23,24)(H,26,27,28,29). The van der Waals surface area contributed by atoms with Crippen LogP contribution >= 0.6 is 0 Å². The third-order valence-electron chi connectivity index (χ3n) is 5.31. The van der Waals surface area contributed by atoms with Gasteiger partial charge >= 0.3 is 0 Å². The summed E-state index contributed by atoms with van der Waals surface area (Å²) in [4.78, 5) is 5.97. The van der Waals surface area contributed by atoms with Crippen LogP contribution in [-0.4, -0.2) is 74.7 Å². The first kappa shape index (κ1) is 21.8. The zero-order chi connectivity index (χ0) is 23.5. The number of tetrazole rings is 1. The number of anilines is 3. The summed E-state index contributed by atoms with van der Waals surface area (Å²) < 4.78 is 41.9. The van der Waals surface area contributed by atoms with Gasteiger partial charge in [-0.1, -0.05) is 0 Å². The molecule has 4 aromatic rings. The zero-order valence-corrected chi connectivity index (χ0v) is 18.5. The molecular weight excluding hydrogens is 463 g/mol. The molecule has 12 nitrogen and oxygen atoms in total. The lowest BCUT2D eigenvalue weighted by atomic mass is 10.2. The molecular formula is C20H19FN10O2S. The van der Waals surface area contributed by atoms with E-state index in [0.717, 1.165) is 11.8 Å². The fraction of sp³-hybridized carbons (Fsp3) is 0.200. The molecule has 5 rings (SSSR count). The number of halogens is 1. The van der Waals surface area contributed by atoms with E-state index in [4.69, 9.17) is 0 Å². The molecule has 174 valence electrons.